The maximum Gasteiger partial charge on any atom is 0.256 e. The number of benzene rings is 1. The molecule has 3 heterocycles. The lowest BCUT2D eigenvalue weighted by Gasteiger charge is -2.31. The van der Waals surface area contributed by atoms with Crippen molar-refractivity contribution in [3.05, 3.63) is 48.2 Å². The number of likely N-dealkylation sites (N-methyl/N-ethyl adjacent to an activating group) is 1. The monoisotopic (exact) mass is 445 g/mol. The summed E-state index contributed by atoms with van der Waals surface area (Å²) in [7, 11) is -1.67. The minimum Gasteiger partial charge on any atom is -0.378 e. The van der Waals surface area contributed by atoms with E-state index in [4.69, 9.17) is 4.74 Å². The molecule has 0 aliphatic carbocycles. The molecule has 2 fully saturated rings. The summed E-state index contributed by atoms with van der Waals surface area (Å²) in [6, 6.07) is 9.79. The number of morpholine rings is 1. The van der Waals surface area contributed by atoms with Crippen LogP contribution >= 0.6 is 0 Å². The van der Waals surface area contributed by atoms with Crippen LogP contribution in [0.4, 0.5) is 11.5 Å². The number of piperazine rings is 1. The predicted octanol–water partition coefficient (Wildman–Crippen LogP) is 1.11. The van der Waals surface area contributed by atoms with Crippen LogP contribution in [0.5, 0.6) is 0 Å². The number of hydrogen-bond acceptors (Lipinski definition) is 7. The highest BCUT2D eigenvalue weighted by Crippen LogP contribution is 2.20. The third-order valence-corrected chi connectivity index (χ3v) is 7.46. The molecule has 1 aromatic heterocycles. The van der Waals surface area contributed by atoms with Crippen LogP contribution in [-0.4, -0.2) is 88.0 Å². The highest BCUT2D eigenvalue weighted by molar-refractivity contribution is 7.89. The highest BCUT2D eigenvalue weighted by Gasteiger charge is 2.28. The standard InChI is InChI=1S/C21H27N5O4S/c1-24-7-9-26(10-8-24)31(28,29)19-4-2-3-17(15-19)21(27)23-20-6-5-18(16-22-20)25-11-13-30-14-12-25/h2-6,15-16H,7-14H2,1H3,(H,22,23,27). The van der Waals surface area contributed by atoms with Gasteiger partial charge in [0.15, 0.2) is 0 Å². The summed E-state index contributed by atoms with van der Waals surface area (Å²) in [5, 5.41) is 2.74. The Morgan fingerprint density at radius 2 is 1.77 bits per heavy atom. The van der Waals surface area contributed by atoms with Crippen LogP contribution in [0.2, 0.25) is 0 Å². The number of nitrogens with one attached hydrogen (secondary N) is 1. The third-order valence-electron chi connectivity index (χ3n) is 5.56. The van der Waals surface area contributed by atoms with Gasteiger partial charge in [-0.3, -0.25) is 4.79 Å². The lowest BCUT2D eigenvalue weighted by atomic mass is 10.2. The zero-order chi connectivity index (χ0) is 21.8. The van der Waals surface area contributed by atoms with Crippen molar-refractivity contribution in [2.75, 3.05) is 69.7 Å². The zero-order valence-corrected chi connectivity index (χ0v) is 18.3. The van der Waals surface area contributed by atoms with E-state index in [9.17, 15) is 13.2 Å². The van der Waals surface area contributed by atoms with Crippen molar-refractivity contribution in [3.8, 4) is 0 Å². The van der Waals surface area contributed by atoms with Gasteiger partial charge in [0.05, 0.1) is 30.0 Å². The van der Waals surface area contributed by atoms with Crippen molar-refractivity contribution in [1.29, 1.82) is 0 Å². The van der Waals surface area contributed by atoms with Crippen LogP contribution in [0.25, 0.3) is 0 Å². The van der Waals surface area contributed by atoms with Crippen LogP contribution in [0.3, 0.4) is 0 Å². The summed E-state index contributed by atoms with van der Waals surface area (Å²) in [5.41, 5.74) is 1.25. The van der Waals surface area contributed by atoms with Gasteiger partial charge >= 0.3 is 0 Å². The average Bonchev–Trinajstić information content (AvgIpc) is 2.80. The number of anilines is 2. The first-order valence-corrected chi connectivity index (χ1v) is 11.8. The summed E-state index contributed by atoms with van der Waals surface area (Å²) in [4.78, 5) is 21.4. The number of ether oxygens (including phenoxy) is 1. The second kappa shape index (κ2) is 9.31. The molecule has 1 amide bonds. The summed E-state index contributed by atoms with van der Waals surface area (Å²) >= 11 is 0. The van der Waals surface area contributed by atoms with E-state index in [2.05, 4.69) is 20.1 Å². The number of carbonyl (C=O) groups excluding carboxylic acids is 1. The van der Waals surface area contributed by atoms with E-state index < -0.39 is 15.9 Å². The van der Waals surface area contributed by atoms with E-state index in [1.54, 1.807) is 24.4 Å². The van der Waals surface area contributed by atoms with Gasteiger partial charge in [0.25, 0.3) is 5.91 Å². The van der Waals surface area contributed by atoms with E-state index >= 15 is 0 Å². The average molecular weight is 446 g/mol. The molecular formula is C21H27N5O4S. The first-order chi connectivity index (χ1) is 14.9. The molecule has 1 aromatic carbocycles. The van der Waals surface area contributed by atoms with Crippen LogP contribution in [0.15, 0.2) is 47.5 Å². The molecule has 0 spiro atoms. The van der Waals surface area contributed by atoms with Crippen LogP contribution in [-0.2, 0) is 14.8 Å². The van der Waals surface area contributed by atoms with Gasteiger partial charge in [-0.05, 0) is 37.4 Å². The molecule has 10 heteroatoms. The molecule has 9 nitrogen and oxygen atoms in total. The first kappa shape index (κ1) is 21.7. The van der Waals surface area contributed by atoms with Gasteiger partial charge in [-0.25, -0.2) is 13.4 Å². The minimum absolute atomic E-state index is 0.125. The van der Waals surface area contributed by atoms with Gasteiger partial charge in [-0.15, -0.1) is 0 Å². The minimum atomic E-state index is -3.64. The maximum atomic E-state index is 13.0. The number of sulfonamides is 1. The van der Waals surface area contributed by atoms with Crippen molar-refractivity contribution in [3.63, 3.8) is 0 Å². The smallest absolute Gasteiger partial charge is 0.256 e. The molecule has 4 rings (SSSR count). The van der Waals surface area contributed by atoms with Gasteiger partial charge in [-0.1, -0.05) is 6.07 Å². The number of rotatable bonds is 5. The normalized spacial score (nSPS) is 18.7. The van der Waals surface area contributed by atoms with E-state index in [0.717, 1.165) is 18.8 Å². The SMILES string of the molecule is CN1CCN(S(=O)(=O)c2cccc(C(=O)Nc3ccc(N4CCOCC4)cn3)c2)CC1. The number of aromatic nitrogens is 1. The first-order valence-electron chi connectivity index (χ1n) is 10.3. The van der Waals surface area contributed by atoms with E-state index in [1.807, 2.05) is 13.1 Å². The van der Waals surface area contributed by atoms with E-state index in [1.165, 1.54) is 16.4 Å². The Balaban J connectivity index is 1.44. The van der Waals surface area contributed by atoms with Crippen LogP contribution in [0.1, 0.15) is 10.4 Å². The summed E-state index contributed by atoms with van der Waals surface area (Å²) in [6.07, 6.45) is 1.72. The largest absolute Gasteiger partial charge is 0.378 e. The molecule has 0 atom stereocenters. The number of nitrogens with zero attached hydrogens (tertiary/aromatic N) is 4. The van der Waals surface area contributed by atoms with Crippen molar-refractivity contribution >= 4 is 27.4 Å². The number of pyridine rings is 1. The summed E-state index contributed by atoms with van der Waals surface area (Å²) in [5.74, 6) is 0.0105. The van der Waals surface area contributed by atoms with Crippen molar-refractivity contribution in [2.45, 2.75) is 4.90 Å². The Kier molecular flexibility index (Phi) is 6.51. The lowest BCUT2D eigenvalue weighted by Crippen LogP contribution is -2.47. The molecule has 2 saturated heterocycles. The topological polar surface area (TPSA) is 95.1 Å². The molecule has 0 radical (unpaired) electrons. The maximum absolute atomic E-state index is 13.0. The molecule has 2 aliphatic heterocycles. The molecule has 0 bridgehead atoms. The number of hydrogen-bond donors (Lipinski definition) is 1. The second-order valence-corrected chi connectivity index (χ2v) is 9.63. The fraction of sp³-hybridized carbons (Fsp3) is 0.429. The van der Waals surface area contributed by atoms with E-state index in [-0.39, 0.29) is 10.5 Å². The van der Waals surface area contributed by atoms with E-state index in [0.29, 0.717) is 45.2 Å². The molecular weight excluding hydrogens is 418 g/mol. The Morgan fingerprint density at radius 3 is 2.45 bits per heavy atom. The molecule has 0 unspecified atom stereocenters. The van der Waals surface area contributed by atoms with Gasteiger partial charge < -0.3 is 19.9 Å². The Hall–Kier alpha value is -2.53. The fourth-order valence-corrected chi connectivity index (χ4v) is 5.10. The third kappa shape index (κ3) is 5.04. The molecule has 2 aromatic rings. The number of carbonyl (C=O) groups is 1. The van der Waals surface area contributed by atoms with Crippen molar-refractivity contribution in [1.82, 2.24) is 14.2 Å². The highest BCUT2D eigenvalue weighted by atomic mass is 32.2. The van der Waals surface area contributed by atoms with Gasteiger partial charge in [0.1, 0.15) is 5.82 Å². The van der Waals surface area contributed by atoms with Crippen LogP contribution < -0.4 is 10.2 Å². The van der Waals surface area contributed by atoms with Gasteiger partial charge in [0, 0.05) is 44.8 Å². The molecule has 1 N–H and O–H groups in total. The Bertz CT molecular complexity index is 1010. The number of amides is 1. The molecule has 2 aliphatic rings. The fourth-order valence-electron chi connectivity index (χ4n) is 3.63. The van der Waals surface area contributed by atoms with Crippen LogP contribution in [0, 0.1) is 0 Å². The second-order valence-electron chi connectivity index (χ2n) is 7.69. The molecule has 0 saturated carbocycles. The van der Waals surface area contributed by atoms with Gasteiger partial charge in [-0.2, -0.15) is 4.31 Å². The Labute approximate surface area is 182 Å². The quantitative estimate of drug-likeness (QED) is 0.737. The lowest BCUT2D eigenvalue weighted by molar-refractivity contribution is 0.102. The van der Waals surface area contributed by atoms with Crippen molar-refractivity contribution < 1.29 is 17.9 Å². The summed E-state index contributed by atoms with van der Waals surface area (Å²) in [6.45, 7) is 5.24. The van der Waals surface area contributed by atoms with Crippen molar-refractivity contribution in [2.24, 2.45) is 0 Å². The molecule has 166 valence electrons. The Morgan fingerprint density at radius 1 is 1.03 bits per heavy atom. The predicted molar refractivity (Wildman–Crippen MR) is 118 cm³/mol. The van der Waals surface area contributed by atoms with Gasteiger partial charge in [0.2, 0.25) is 10.0 Å². The summed E-state index contributed by atoms with van der Waals surface area (Å²) < 4.78 is 32.8. The molecule has 31 heavy (non-hydrogen) atoms. The zero-order valence-electron chi connectivity index (χ0n) is 17.5.